The number of hydrogen-bond donors (Lipinski definition) is 2. The van der Waals surface area contributed by atoms with Crippen LogP contribution in [0.2, 0.25) is 5.15 Å². The molecule has 0 radical (unpaired) electrons. The smallest absolute Gasteiger partial charge is 0.410 e. The van der Waals surface area contributed by atoms with Crippen molar-refractivity contribution in [3.63, 3.8) is 0 Å². The quantitative estimate of drug-likeness (QED) is 0.563. The summed E-state index contributed by atoms with van der Waals surface area (Å²) in [6.45, 7) is 8.33. The molecule has 2 aliphatic heterocycles. The maximum absolute atomic E-state index is 12.4. The molecule has 3 heterocycles. The average molecular weight is 485 g/mol. The van der Waals surface area contributed by atoms with Crippen molar-refractivity contribution in [1.29, 1.82) is 0 Å². The minimum atomic E-state index is -1.21. The minimum Gasteiger partial charge on any atom is -0.491 e. The number of nitrogens with zero attached hydrogens (tertiary/aromatic N) is 3. The van der Waals surface area contributed by atoms with Crippen LogP contribution >= 0.6 is 11.6 Å². The SMILES string of the molecule is CN1CCC[C@H]1COc1nc(Cl)cc(OC[C@H]2CN(C(=O)OC(C)(C)C)CCN2)c1C(=O)O. The molecule has 2 atom stereocenters. The van der Waals surface area contributed by atoms with Crippen LogP contribution in [-0.4, -0.2) is 96.1 Å². The van der Waals surface area contributed by atoms with Gasteiger partial charge in [-0.15, -0.1) is 0 Å². The van der Waals surface area contributed by atoms with Crippen molar-refractivity contribution in [2.45, 2.75) is 51.3 Å². The van der Waals surface area contributed by atoms with E-state index in [1.54, 1.807) is 4.90 Å². The highest BCUT2D eigenvalue weighted by Gasteiger charge is 2.29. The maximum Gasteiger partial charge on any atom is 0.410 e. The molecule has 1 aromatic rings. The van der Waals surface area contributed by atoms with Crippen LogP contribution in [0.15, 0.2) is 6.07 Å². The Bertz CT molecular complexity index is 862. The monoisotopic (exact) mass is 484 g/mol. The van der Waals surface area contributed by atoms with E-state index in [0.717, 1.165) is 19.4 Å². The topological polar surface area (TPSA) is 113 Å². The van der Waals surface area contributed by atoms with E-state index >= 15 is 0 Å². The van der Waals surface area contributed by atoms with Gasteiger partial charge in [-0.1, -0.05) is 11.6 Å². The van der Waals surface area contributed by atoms with Crippen LogP contribution in [0.5, 0.6) is 11.6 Å². The first-order valence-electron chi connectivity index (χ1n) is 11.1. The lowest BCUT2D eigenvalue weighted by Crippen LogP contribution is -2.55. The molecule has 11 heteroatoms. The first-order chi connectivity index (χ1) is 15.5. The molecular formula is C22H33ClN4O6. The summed E-state index contributed by atoms with van der Waals surface area (Å²) in [4.78, 5) is 32.3. The van der Waals surface area contributed by atoms with Crippen LogP contribution < -0.4 is 14.8 Å². The second-order valence-corrected chi connectivity index (χ2v) is 9.79. The standard InChI is InChI=1S/C22H33ClN4O6/c1-22(2,3)33-21(30)27-9-7-24-14(11-27)12-31-16-10-17(23)25-19(18(16)20(28)29)32-13-15-6-5-8-26(15)4/h10,14-15,24H,5-9,11-13H2,1-4H3,(H,28,29)/t14-,15+/m1/s1. The Kier molecular flexibility index (Phi) is 8.25. The number of carboxylic acids is 1. The zero-order valence-electron chi connectivity index (χ0n) is 19.6. The Hall–Kier alpha value is -2.30. The Morgan fingerprint density at radius 3 is 2.67 bits per heavy atom. The molecule has 1 aromatic heterocycles. The largest absolute Gasteiger partial charge is 0.491 e. The lowest BCUT2D eigenvalue weighted by molar-refractivity contribution is 0.0178. The molecule has 2 aliphatic rings. The Balaban J connectivity index is 1.66. The number of amides is 1. The number of nitrogens with one attached hydrogen (secondary N) is 1. The van der Waals surface area contributed by atoms with Crippen molar-refractivity contribution < 1.29 is 28.9 Å². The number of carboxylic acid groups (broad SMARTS) is 1. The fourth-order valence-corrected chi connectivity index (χ4v) is 4.05. The maximum atomic E-state index is 12.4. The van der Waals surface area contributed by atoms with E-state index in [2.05, 4.69) is 15.2 Å². The summed E-state index contributed by atoms with van der Waals surface area (Å²) < 4.78 is 17.1. The summed E-state index contributed by atoms with van der Waals surface area (Å²) in [5, 5.41) is 13.2. The average Bonchev–Trinajstić information content (AvgIpc) is 3.13. The van der Waals surface area contributed by atoms with Crippen molar-refractivity contribution in [3.05, 3.63) is 16.8 Å². The van der Waals surface area contributed by atoms with E-state index in [1.807, 2.05) is 27.8 Å². The van der Waals surface area contributed by atoms with Gasteiger partial charge < -0.3 is 34.4 Å². The first-order valence-corrected chi connectivity index (χ1v) is 11.5. The van der Waals surface area contributed by atoms with E-state index in [9.17, 15) is 14.7 Å². The summed E-state index contributed by atoms with van der Waals surface area (Å²) >= 11 is 6.14. The molecule has 0 unspecified atom stereocenters. The molecular weight excluding hydrogens is 452 g/mol. The van der Waals surface area contributed by atoms with E-state index < -0.39 is 11.6 Å². The third kappa shape index (κ3) is 7.09. The number of hydrogen-bond acceptors (Lipinski definition) is 8. The number of carbonyl (C=O) groups excluding carboxylic acids is 1. The Labute approximate surface area is 199 Å². The molecule has 184 valence electrons. The second kappa shape index (κ2) is 10.8. The van der Waals surface area contributed by atoms with Gasteiger partial charge in [-0.05, 0) is 47.2 Å². The Morgan fingerprint density at radius 1 is 1.27 bits per heavy atom. The van der Waals surface area contributed by atoms with Crippen molar-refractivity contribution in [2.24, 2.45) is 0 Å². The number of ether oxygens (including phenoxy) is 3. The molecule has 10 nitrogen and oxygen atoms in total. The molecule has 2 saturated heterocycles. The van der Waals surface area contributed by atoms with Crippen molar-refractivity contribution in [1.82, 2.24) is 20.1 Å². The normalized spacial score (nSPS) is 21.7. The van der Waals surface area contributed by atoms with Gasteiger partial charge in [-0.3, -0.25) is 0 Å². The summed E-state index contributed by atoms with van der Waals surface area (Å²) in [5.41, 5.74) is -0.748. The fourth-order valence-electron chi connectivity index (χ4n) is 3.87. The molecule has 33 heavy (non-hydrogen) atoms. The highest BCUT2D eigenvalue weighted by Crippen LogP contribution is 2.31. The number of pyridine rings is 1. The minimum absolute atomic E-state index is 0.0581. The van der Waals surface area contributed by atoms with E-state index in [1.165, 1.54) is 6.07 Å². The summed E-state index contributed by atoms with van der Waals surface area (Å²) in [6, 6.07) is 1.35. The number of likely N-dealkylation sites (tertiary alicyclic amines) is 1. The molecule has 0 saturated carbocycles. The molecule has 1 amide bonds. The van der Waals surface area contributed by atoms with Crippen LogP contribution in [0.1, 0.15) is 44.0 Å². The van der Waals surface area contributed by atoms with Gasteiger partial charge in [-0.2, -0.15) is 0 Å². The molecule has 2 N–H and O–H groups in total. The van der Waals surface area contributed by atoms with Gasteiger partial charge in [0.2, 0.25) is 5.88 Å². The van der Waals surface area contributed by atoms with Gasteiger partial charge >= 0.3 is 12.1 Å². The molecule has 0 bridgehead atoms. The number of rotatable bonds is 7. The third-order valence-corrected chi connectivity index (χ3v) is 5.76. The van der Waals surface area contributed by atoms with Gasteiger partial charge in [0.1, 0.15) is 29.7 Å². The predicted molar refractivity (Wildman–Crippen MR) is 122 cm³/mol. The highest BCUT2D eigenvalue weighted by atomic mass is 35.5. The zero-order valence-corrected chi connectivity index (χ0v) is 20.4. The van der Waals surface area contributed by atoms with Crippen LogP contribution in [0.25, 0.3) is 0 Å². The van der Waals surface area contributed by atoms with Crippen LogP contribution in [0, 0.1) is 0 Å². The number of carbonyl (C=O) groups is 2. The van der Waals surface area contributed by atoms with Crippen molar-refractivity contribution >= 4 is 23.7 Å². The number of halogens is 1. The predicted octanol–water partition coefficient (Wildman–Crippen LogP) is 2.49. The van der Waals surface area contributed by atoms with Gasteiger partial charge in [0, 0.05) is 31.7 Å². The molecule has 3 rings (SSSR count). The second-order valence-electron chi connectivity index (χ2n) is 9.40. The highest BCUT2D eigenvalue weighted by molar-refractivity contribution is 6.29. The molecule has 0 aliphatic carbocycles. The zero-order chi connectivity index (χ0) is 24.2. The molecule has 0 spiro atoms. The van der Waals surface area contributed by atoms with Crippen LogP contribution in [0.3, 0.4) is 0 Å². The summed E-state index contributed by atoms with van der Waals surface area (Å²) in [6.07, 6.45) is 1.66. The first kappa shape index (κ1) is 25.3. The molecule has 2 fully saturated rings. The number of piperazine rings is 1. The van der Waals surface area contributed by atoms with Gasteiger partial charge in [-0.25, -0.2) is 14.6 Å². The lowest BCUT2D eigenvalue weighted by atomic mass is 10.2. The van der Waals surface area contributed by atoms with Crippen molar-refractivity contribution in [2.75, 3.05) is 46.4 Å². The fraction of sp³-hybridized carbons (Fsp3) is 0.682. The van der Waals surface area contributed by atoms with E-state index in [4.69, 9.17) is 25.8 Å². The van der Waals surface area contributed by atoms with E-state index in [0.29, 0.717) is 26.2 Å². The van der Waals surface area contributed by atoms with E-state index in [-0.39, 0.29) is 47.1 Å². The van der Waals surface area contributed by atoms with Gasteiger partial charge in [0.25, 0.3) is 0 Å². The van der Waals surface area contributed by atoms with Gasteiger partial charge in [0.05, 0.1) is 6.04 Å². The van der Waals surface area contributed by atoms with Gasteiger partial charge in [0.15, 0.2) is 5.56 Å². The van der Waals surface area contributed by atoms with Crippen molar-refractivity contribution in [3.8, 4) is 11.6 Å². The summed E-state index contributed by atoms with van der Waals surface area (Å²) in [7, 11) is 2.01. The third-order valence-electron chi connectivity index (χ3n) is 5.56. The lowest BCUT2D eigenvalue weighted by Gasteiger charge is -2.34. The Morgan fingerprint density at radius 2 is 2.03 bits per heavy atom. The number of aromatic nitrogens is 1. The number of likely N-dealkylation sites (N-methyl/N-ethyl adjacent to an activating group) is 1. The number of aromatic carboxylic acids is 1. The summed E-state index contributed by atoms with van der Waals surface area (Å²) in [5.74, 6) is -1.19. The van der Waals surface area contributed by atoms with Crippen LogP contribution in [0.4, 0.5) is 4.79 Å². The van der Waals surface area contributed by atoms with Crippen LogP contribution in [-0.2, 0) is 4.74 Å². The molecule has 0 aromatic carbocycles.